The number of pyridine rings is 1. The summed E-state index contributed by atoms with van der Waals surface area (Å²) in [7, 11) is 0. The summed E-state index contributed by atoms with van der Waals surface area (Å²) < 4.78 is 25.6. The topological polar surface area (TPSA) is 80.4 Å². The number of benzene rings is 1. The molecule has 0 aliphatic rings. The van der Waals surface area contributed by atoms with Gasteiger partial charge in [-0.05, 0) is 46.1 Å². The average molecular weight is 430 g/mol. The molecule has 0 bridgehead atoms. The number of nitrogens with one attached hydrogen (secondary N) is 1. The standard InChI is InChI=1S/C22H24FN3O3S/c1-7-14-9-15-10-16(11-17(23)19(15)24-12-14)28-20(30-6)22(5,27)26-21(3,4)18-8-13(2)29-25-18/h1,8-12,20,26-27H,2-6H3. The lowest BCUT2D eigenvalue weighted by atomic mass is 9.98. The molecule has 0 fully saturated rings. The first-order valence-electron chi connectivity index (χ1n) is 9.26. The number of hydrogen-bond donors (Lipinski definition) is 2. The maximum absolute atomic E-state index is 14.5. The Morgan fingerprint density at radius 2 is 2.03 bits per heavy atom. The minimum Gasteiger partial charge on any atom is -0.475 e. The van der Waals surface area contributed by atoms with Gasteiger partial charge in [0, 0.05) is 29.3 Å². The molecule has 0 saturated carbocycles. The van der Waals surface area contributed by atoms with E-state index in [0.717, 1.165) is 0 Å². The van der Waals surface area contributed by atoms with Gasteiger partial charge in [0.1, 0.15) is 22.7 Å². The Hall–Kier alpha value is -2.60. The van der Waals surface area contributed by atoms with Crippen LogP contribution in [-0.4, -0.2) is 32.7 Å². The predicted molar refractivity (Wildman–Crippen MR) is 116 cm³/mol. The van der Waals surface area contributed by atoms with Crippen LogP contribution >= 0.6 is 11.8 Å². The van der Waals surface area contributed by atoms with E-state index in [1.807, 2.05) is 13.8 Å². The first-order chi connectivity index (χ1) is 14.1. The van der Waals surface area contributed by atoms with E-state index in [1.165, 1.54) is 24.0 Å². The van der Waals surface area contributed by atoms with Crippen molar-refractivity contribution >= 4 is 22.7 Å². The van der Waals surface area contributed by atoms with Gasteiger partial charge in [-0.1, -0.05) is 11.1 Å². The van der Waals surface area contributed by atoms with Gasteiger partial charge in [0.15, 0.2) is 17.0 Å². The molecule has 0 radical (unpaired) electrons. The van der Waals surface area contributed by atoms with Crippen LogP contribution in [0.15, 0.2) is 35.0 Å². The van der Waals surface area contributed by atoms with E-state index < -0.39 is 22.5 Å². The minimum atomic E-state index is -1.49. The van der Waals surface area contributed by atoms with Crippen LogP contribution in [-0.2, 0) is 5.54 Å². The van der Waals surface area contributed by atoms with E-state index in [0.29, 0.717) is 22.4 Å². The Morgan fingerprint density at radius 1 is 1.30 bits per heavy atom. The van der Waals surface area contributed by atoms with Crippen LogP contribution in [0.25, 0.3) is 10.9 Å². The van der Waals surface area contributed by atoms with Gasteiger partial charge in [-0.2, -0.15) is 0 Å². The van der Waals surface area contributed by atoms with Gasteiger partial charge >= 0.3 is 0 Å². The quantitative estimate of drug-likeness (QED) is 0.435. The monoisotopic (exact) mass is 429 g/mol. The molecule has 0 aliphatic heterocycles. The van der Waals surface area contributed by atoms with Gasteiger partial charge in [0.2, 0.25) is 0 Å². The van der Waals surface area contributed by atoms with E-state index in [1.54, 1.807) is 38.3 Å². The molecule has 2 atom stereocenters. The summed E-state index contributed by atoms with van der Waals surface area (Å²) in [5.74, 6) is 2.88. The fraction of sp³-hybridized carbons (Fsp3) is 0.364. The number of rotatable bonds is 7. The van der Waals surface area contributed by atoms with Crippen molar-refractivity contribution in [3.05, 3.63) is 53.3 Å². The second-order valence-electron chi connectivity index (χ2n) is 7.75. The second kappa shape index (κ2) is 8.26. The second-order valence-corrected chi connectivity index (χ2v) is 8.65. The summed E-state index contributed by atoms with van der Waals surface area (Å²) in [5, 5.41) is 18.9. The highest BCUT2D eigenvalue weighted by atomic mass is 32.2. The van der Waals surface area contributed by atoms with Crippen LogP contribution < -0.4 is 10.1 Å². The molecule has 0 saturated heterocycles. The van der Waals surface area contributed by atoms with Crippen LogP contribution in [0.5, 0.6) is 5.75 Å². The Labute approximate surface area is 179 Å². The van der Waals surface area contributed by atoms with Gasteiger partial charge in [-0.15, -0.1) is 18.2 Å². The molecule has 30 heavy (non-hydrogen) atoms. The predicted octanol–water partition coefficient (Wildman–Crippen LogP) is 3.95. The first-order valence-corrected chi connectivity index (χ1v) is 10.6. The number of hydrogen-bond acceptors (Lipinski definition) is 7. The van der Waals surface area contributed by atoms with Crippen molar-refractivity contribution in [2.45, 2.75) is 44.4 Å². The van der Waals surface area contributed by atoms with Crippen molar-refractivity contribution in [1.29, 1.82) is 0 Å². The van der Waals surface area contributed by atoms with E-state index in [9.17, 15) is 9.50 Å². The third-order valence-corrected chi connectivity index (χ3v) is 5.61. The fourth-order valence-corrected chi connectivity index (χ4v) is 3.98. The number of ether oxygens (including phenoxy) is 1. The Balaban J connectivity index is 1.87. The lowest BCUT2D eigenvalue weighted by molar-refractivity contribution is -0.0556. The molecule has 8 heteroatoms. The van der Waals surface area contributed by atoms with Crippen LogP contribution in [0.1, 0.15) is 37.8 Å². The van der Waals surface area contributed by atoms with Gasteiger partial charge < -0.3 is 14.4 Å². The normalized spacial score (nSPS) is 14.9. The number of aryl methyl sites for hydroxylation is 1. The maximum atomic E-state index is 14.5. The number of fused-ring (bicyclic) bond motifs is 1. The SMILES string of the molecule is C#Cc1cnc2c(F)cc(OC(SC)C(C)(O)NC(C)(C)c3cc(C)on3)cc2c1. The summed E-state index contributed by atoms with van der Waals surface area (Å²) in [4.78, 5) is 4.07. The van der Waals surface area contributed by atoms with Crippen LogP contribution in [0.3, 0.4) is 0 Å². The third-order valence-electron chi connectivity index (χ3n) is 4.63. The van der Waals surface area contributed by atoms with Crippen LogP contribution in [0.4, 0.5) is 4.39 Å². The van der Waals surface area contributed by atoms with Crippen molar-refractivity contribution < 1.29 is 18.8 Å². The smallest absolute Gasteiger partial charge is 0.186 e. The van der Waals surface area contributed by atoms with Crippen molar-refractivity contribution in [2.75, 3.05) is 6.26 Å². The van der Waals surface area contributed by atoms with Crippen molar-refractivity contribution in [3.8, 4) is 18.1 Å². The van der Waals surface area contributed by atoms with Crippen LogP contribution in [0, 0.1) is 25.1 Å². The number of halogens is 1. The molecule has 3 rings (SSSR count). The number of thioether (sulfide) groups is 1. The molecule has 2 unspecified atom stereocenters. The zero-order chi connectivity index (χ0) is 22.1. The molecule has 3 aromatic rings. The number of nitrogens with zero attached hydrogens (tertiary/aromatic N) is 2. The zero-order valence-corrected chi connectivity index (χ0v) is 18.3. The molecule has 2 N–H and O–H groups in total. The Morgan fingerprint density at radius 3 is 2.63 bits per heavy atom. The van der Waals surface area contributed by atoms with Crippen molar-refractivity contribution in [2.24, 2.45) is 0 Å². The zero-order valence-electron chi connectivity index (χ0n) is 17.5. The third kappa shape index (κ3) is 4.59. The van der Waals surface area contributed by atoms with Crippen LogP contribution in [0.2, 0.25) is 0 Å². The lowest BCUT2D eigenvalue weighted by Gasteiger charge is -2.39. The molecule has 0 spiro atoms. The number of terminal acetylenes is 1. The van der Waals surface area contributed by atoms with E-state index >= 15 is 0 Å². The summed E-state index contributed by atoms with van der Waals surface area (Å²) in [6.07, 6.45) is 8.65. The van der Waals surface area contributed by atoms with Gasteiger partial charge in [-0.25, -0.2) is 4.39 Å². The largest absolute Gasteiger partial charge is 0.475 e. The number of aromatic nitrogens is 2. The van der Waals surface area contributed by atoms with Gasteiger partial charge in [0.25, 0.3) is 0 Å². The summed E-state index contributed by atoms with van der Waals surface area (Å²) >= 11 is 1.28. The molecule has 6 nitrogen and oxygen atoms in total. The highest BCUT2D eigenvalue weighted by molar-refractivity contribution is 7.99. The number of aliphatic hydroxyl groups is 1. The maximum Gasteiger partial charge on any atom is 0.186 e. The fourth-order valence-electron chi connectivity index (χ4n) is 3.26. The molecule has 0 aliphatic carbocycles. The molecule has 0 amide bonds. The van der Waals surface area contributed by atoms with E-state index in [2.05, 4.69) is 21.4 Å². The lowest BCUT2D eigenvalue weighted by Crippen LogP contribution is -2.59. The van der Waals surface area contributed by atoms with Gasteiger partial charge in [-0.3, -0.25) is 10.3 Å². The molecule has 1 aromatic carbocycles. The van der Waals surface area contributed by atoms with Crippen molar-refractivity contribution in [1.82, 2.24) is 15.5 Å². The minimum absolute atomic E-state index is 0.203. The summed E-state index contributed by atoms with van der Waals surface area (Å²) in [6, 6.07) is 6.36. The highest BCUT2D eigenvalue weighted by Crippen LogP contribution is 2.31. The molecule has 2 heterocycles. The molecular formula is C22H24FN3O3S. The van der Waals surface area contributed by atoms with Crippen molar-refractivity contribution in [3.63, 3.8) is 0 Å². The average Bonchev–Trinajstić information content (AvgIpc) is 3.12. The molecule has 158 valence electrons. The van der Waals surface area contributed by atoms with Gasteiger partial charge in [0.05, 0.1) is 5.54 Å². The summed E-state index contributed by atoms with van der Waals surface area (Å²) in [5.41, 5.74) is -1.57. The first kappa shape index (κ1) is 22.1. The molecule has 2 aromatic heterocycles. The summed E-state index contributed by atoms with van der Waals surface area (Å²) in [6.45, 7) is 7.14. The molecular weight excluding hydrogens is 405 g/mol. The van der Waals surface area contributed by atoms with E-state index in [-0.39, 0.29) is 11.3 Å². The Kier molecular flexibility index (Phi) is 6.09. The highest BCUT2D eigenvalue weighted by Gasteiger charge is 2.40. The Bertz CT molecular complexity index is 1100. The van der Waals surface area contributed by atoms with E-state index in [4.69, 9.17) is 15.7 Å².